The van der Waals surface area contributed by atoms with Crippen molar-refractivity contribution in [1.29, 1.82) is 0 Å². The number of aryl methyl sites for hydroxylation is 1. The number of hydrogen-bond donors (Lipinski definition) is 2. The number of carbonyl (C=O) groups is 2. The summed E-state index contributed by atoms with van der Waals surface area (Å²) in [5.41, 5.74) is 1.60. The quantitative estimate of drug-likeness (QED) is 0.601. The summed E-state index contributed by atoms with van der Waals surface area (Å²) >= 11 is 0. The normalized spacial score (nSPS) is 10.4. The van der Waals surface area contributed by atoms with Gasteiger partial charge < -0.3 is 19.8 Å². The molecule has 0 aliphatic carbocycles. The molecule has 3 aromatic rings. The van der Waals surface area contributed by atoms with Crippen molar-refractivity contribution in [2.24, 2.45) is 0 Å². The number of benzene rings is 2. The Morgan fingerprint density at radius 3 is 2.64 bits per heavy atom. The first-order chi connectivity index (χ1) is 13.5. The molecule has 6 nitrogen and oxygen atoms in total. The predicted octanol–water partition coefficient (Wildman–Crippen LogP) is 4.13. The molecule has 0 radical (unpaired) electrons. The summed E-state index contributed by atoms with van der Waals surface area (Å²) in [6, 6.07) is 14.8. The molecule has 2 N–H and O–H groups in total. The van der Waals surface area contributed by atoms with Gasteiger partial charge in [0.05, 0.1) is 24.1 Å². The molecule has 0 saturated carbocycles. The van der Waals surface area contributed by atoms with Gasteiger partial charge in [0.25, 0.3) is 5.91 Å². The molecule has 1 amide bonds. The molecule has 28 heavy (non-hydrogen) atoms. The lowest BCUT2D eigenvalue weighted by Crippen LogP contribution is -2.22. The van der Waals surface area contributed by atoms with Gasteiger partial charge >= 0.3 is 5.97 Å². The lowest BCUT2D eigenvalue weighted by molar-refractivity contribution is -0.119. The highest BCUT2D eigenvalue weighted by Gasteiger charge is 2.15. The van der Waals surface area contributed by atoms with Crippen LogP contribution < -0.4 is 10.6 Å². The number of carbonyl (C=O) groups excluding carboxylic acids is 2. The predicted molar refractivity (Wildman–Crippen MR) is 103 cm³/mol. The van der Waals surface area contributed by atoms with Gasteiger partial charge in [0.15, 0.2) is 6.61 Å². The van der Waals surface area contributed by atoms with Crippen molar-refractivity contribution in [3.8, 4) is 0 Å². The average Bonchev–Trinajstić information content (AvgIpc) is 3.20. The lowest BCUT2D eigenvalue weighted by Gasteiger charge is -2.11. The van der Waals surface area contributed by atoms with Crippen LogP contribution in [0.4, 0.5) is 15.8 Å². The number of anilines is 2. The first kappa shape index (κ1) is 19.2. The molecule has 7 heteroatoms. The van der Waals surface area contributed by atoms with Gasteiger partial charge in [0.2, 0.25) is 0 Å². The first-order valence-electron chi connectivity index (χ1n) is 8.61. The van der Waals surface area contributed by atoms with E-state index in [1.54, 1.807) is 49.6 Å². The highest BCUT2D eigenvalue weighted by molar-refractivity contribution is 5.98. The van der Waals surface area contributed by atoms with Gasteiger partial charge in [0, 0.05) is 5.69 Å². The van der Waals surface area contributed by atoms with Crippen LogP contribution in [0.15, 0.2) is 65.3 Å². The fourth-order valence-corrected chi connectivity index (χ4v) is 2.53. The Morgan fingerprint density at radius 1 is 1.07 bits per heavy atom. The van der Waals surface area contributed by atoms with E-state index in [0.717, 1.165) is 5.56 Å². The minimum Gasteiger partial charge on any atom is -0.467 e. The van der Waals surface area contributed by atoms with E-state index in [0.29, 0.717) is 18.0 Å². The second kappa shape index (κ2) is 8.85. The third-order valence-electron chi connectivity index (χ3n) is 3.91. The molecule has 1 heterocycles. The van der Waals surface area contributed by atoms with Gasteiger partial charge in [0.1, 0.15) is 11.6 Å². The van der Waals surface area contributed by atoms with E-state index >= 15 is 0 Å². The molecular formula is C21H19FN2O4. The first-order valence-corrected chi connectivity index (χ1v) is 8.61. The molecule has 3 rings (SSSR count). The van der Waals surface area contributed by atoms with Crippen molar-refractivity contribution >= 4 is 23.3 Å². The van der Waals surface area contributed by atoms with Crippen LogP contribution in [0.1, 0.15) is 21.7 Å². The lowest BCUT2D eigenvalue weighted by atomic mass is 10.2. The van der Waals surface area contributed by atoms with Gasteiger partial charge in [-0.25, -0.2) is 9.18 Å². The Bertz CT molecular complexity index is 970. The van der Waals surface area contributed by atoms with Crippen molar-refractivity contribution in [3.05, 3.63) is 83.6 Å². The minimum atomic E-state index is -0.665. The molecule has 144 valence electrons. The molecule has 0 unspecified atom stereocenters. The van der Waals surface area contributed by atoms with Gasteiger partial charge in [-0.05, 0) is 48.9 Å². The molecule has 1 aromatic heterocycles. The number of para-hydroxylation sites is 1. The van der Waals surface area contributed by atoms with E-state index in [1.165, 1.54) is 12.1 Å². The third kappa shape index (κ3) is 4.97. The summed E-state index contributed by atoms with van der Waals surface area (Å²) in [5.74, 6) is -1.13. The smallest absolute Gasteiger partial charge is 0.340 e. The van der Waals surface area contributed by atoms with E-state index in [-0.39, 0.29) is 11.3 Å². The summed E-state index contributed by atoms with van der Waals surface area (Å²) < 4.78 is 24.1. The Morgan fingerprint density at radius 2 is 1.89 bits per heavy atom. The highest BCUT2D eigenvalue weighted by atomic mass is 19.1. The molecule has 0 atom stereocenters. The topological polar surface area (TPSA) is 80.6 Å². The fourth-order valence-electron chi connectivity index (χ4n) is 2.53. The maximum Gasteiger partial charge on any atom is 0.340 e. The van der Waals surface area contributed by atoms with E-state index < -0.39 is 24.3 Å². The zero-order chi connectivity index (χ0) is 19.9. The summed E-state index contributed by atoms with van der Waals surface area (Å²) in [6.07, 6.45) is 1.56. The molecule has 0 fully saturated rings. The zero-order valence-corrected chi connectivity index (χ0v) is 15.2. The van der Waals surface area contributed by atoms with Gasteiger partial charge in [-0.3, -0.25) is 4.79 Å². The van der Waals surface area contributed by atoms with Crippen molar-refractivity contribution in [2.75, 3.05) is 17.2 Å². The van der Waals surface area contributed by atoms with Gasteiger partial charge in [-0.2, -0.15) is 0 Å². The number of rotatable bonds is 7. The summed E-state index contributed by atoms with van der Waals surface area (Å²) in [6.45, 7) is 1.61. The third-order valence-corrected chi connectivity index (χ3v) is 3.91. The number of hydrogen-bond acceptors (Lipinski definition) is 5. The summed E-state index contributed by atoms with van der Waals surface area (Å²) in [4.78, 5) is 24.3. The van der Waals surface area contributed by atoms with Crippen molar-refractivity contribution in [2.45, 2.75) is 13.5 Å². The van der Waals surface area contributed by atoms with E-state index in [4.69, 9.17) is 9.15 Å². The van der Waals surface area contributed by atoms with Crippen LogP contribution in [-0.4, -0.2) is 18.5 Å². The Hall–Kier alpha value is -3.61. The largest absolute Gasteiger partial charge is 0.467 e. The number of halogens is 1. The molecule has 0 spiro atoms. The van der Waals surface area contributed by atoms with Crippen LogP contribution >= 0.6 is 0 Å². The number of ether oxygens (including phenoxy) is 1. The van der Waals surface area contributed by atoms with Crippen LogP contribution in [0.3, 0.4) is 0 Å². The van der Waals surface area contributed by atoms with Crippen LogP contribution in [0.5, 0.6) is 0 Å². The number of esters is 1. The standard InChI is InChI=1S/C21H19FN2O4/c1-14-8-9-19(17(22)11-14)24-20(25)13-28-21(26)16-6-2-3-7-18(16)23-12-15-5-4-10-27-15/h2-11,23H,12-13H2,1H3,(H,24,25). The van der Waals surface area contributed by atoms with Gasteiger partial charge in [-0.1, -0.05) is 18.2 Å². The van der Waals surface area contributed by atoms with Crippen molar-refractivity contribution in [1.82, 2.24) is 0 Å². The molecule has 0 bridgehead atoms. The molecular weight excluding hydrogens is 363 g/mol. The molecule has 0 aliphatic rings. The fraction of sp³-hybridized carbons (Fsp3) is 0.143. The second-order valence-electron chi connectivity index (χ2n) is 6.09. The summed E-state index contributed by atoms with van der Waals surface area (Å²) in [7, 11) is 0. The van der Waals surface area contributed by atoms with Gasteiger partial charge in [-0.15, -0.1) is 0 Å². The number of furan rings is 1. The Kier molecular flexibility index (Phi) is 6.06. The Labute approximate surface area is 161 Å². The SMILES string of the molecule is Cc1ccc(NC(=O)COC(=O)c2ccccc2NCc2ccco2)c(F)c1. The average molecular weight is 382 g/mol. The monoisotopic (exact) mass is 382 g/mol. The zero-order valence-electron chi connectivity index (χ0n) is 15.2. The van der Waals surface area contributed by atoms with E-state index in [9.17, 15) is 14.0 Å². The Balaban J connectivity index is 1.57. The molecule has 0 aliphatic heterocycles. The highest BCUT2D eigenvalue weighted by Crippen LogP contribution is 2.18. The maximum atomic E-state index is 13.8. The molecule has 0 saturated heterocycles. The maximum absolute atomic E-state index is 13.8. The van der Waals surface area contributed by atoms with Crippen LogP contribution in [0.25, 0.3) is 0 Å². The van der Waals surface area contributed by atoms with Crippen LogP contribution in [0, 0.1) is 12.7 Å². The minimum absolute atomic E-state index is 0.0344. The number of nitrogens with one attached hydrogen (secondary N) is 2. The second-order valence-corrected chi connectivity index (χ2v) is 6.09. The van der Waals surface area contributed by atoms with Crippen LogP contribution in [-0.2, 0) is 16.1 Å². The van der Waals surface area contributed by atoms with E-state index in [1.807, 2.05) is 6.07 Å². The van der Waals surface area contributed by atoms with Crippen molar-refractivity contribution < 1.29 is 23.1 Å². The summed E-state index contributed by atoms with van der Waals surface area (Å²) in [5, 5.41) is 5.48. The van der Waals surface area contributed by atoms with E-state index in [2.05, 4.69) is 10.6 Å². The number of amides is 1. The van der Waals surface area contributed by atoms with Crippen molar-refractivity contribution in [3.63, 3.8) is 0 Å². The molecule has 2 aromatic carbocycles. The van der Waals surface area contributed by atoms with Crippen LogP contribution in [0.2, 0.25) is 0 Å².